The zero-order valence-electron chi connectivity index (χ0n) is 16.9. The van der Waals surface area contributed by atoms with E-state index in [-0.39, 0.29) is 0 Å². The number of hydrogen-bond donors (Lipinski definition) is 2. The molecule has 144 valence electrons. The highest BCUT2D eigenvalue weighted by atomic mass is 15.2. The zero-order chi connectivity index (χ0) is 19.8. The minimum Gasteiger partial charge on any atom is -0.337 e. The summed E-state index contributed by atoms with van der Waals surface area (Å²) in [6.45, 7) is 2.06. The summed E-state index contributed by atoms with van der Waals surface area (Å²) in [6.07, 6.45) is 2.22. The Bertz CT molecular complexity index is 1260. The molecule has 2 aromatic heterocycles. The van der Waals surface area contributed by atoms with E-state index in [0.29, 0.717) is 0 Å². The van der Waals surface area contributed by atoms with Crippen molar-refractivity contribution in [3.63, 3.8) is 0 Å². The first-order chi connectivity index (χ1) is 14.2. The Morgan fingerprint density at radius 2 is 1.45 bits per heavy atom. The predicted molar refractivity (Wildman–Crippen MR) is 118 cm³/mol. The van der Waals surface area contributed by atoms with Gasteiger partial charge in [-0.2, -0.15) is 4.40 Å². The van der Waals surface area contributed by atoms with Crippen LogP contribution in [0.15, 0.2) is 85.1 Å². The van der Waals surface area contributed by atoms with Gasteiger partial charge in [0, 0.05) is 5.56 Å². The lowest BCUT2D eigenvalue weighted by Crippen LogP contribution is -3.06. The highest BCUT2D eigenvalue weighted by molar-refractivity contribution is 5.77. The van der Waals surface area contributed by atoms with Crippen molar-refractivity contribution in [2.75, 3.05) is 20.6 Å². The van der Waals surface area contributed by atoms with Crippen LogP contribution < -0.4 is 9.47 Å². The second kappa shape index (κ2) is 7.22. The van der Waals surface area contributed by atoms with Crippen LogP contribution in [0, 0.1) is 0 Å². The molecule has 5 aromatic rings. The lowest BCUT2D eigenvalue weighted by atomic mass is 10.0. The van der Waals surface area contributed by atoms with Gasteiger partial charge in [0.15, 0.2) is 0 Å². The summed E-state index contributed by atoms with van der Waals surface area (Å²) in [4.78, 5) is 5.12. The Hall–Kier alpha value is -3.37. The normalized spacial score (nSPS) is 11.7. The van der Waals surface area contributed by atoms with Gasteiger partial charge in [-0.05, 0) is 23.3 Å². The molecule has 0 unspecified atom stereocenters. The standard InChI is InChI=1S/C25H24N4/c1-27(2)16-17-28-23-10-6-7-11-24(23)29-18-22(26-25(28)29)21-14-12-20(13-15-21)19-8-4-3-5-9-19/h3-15,18H,16-17H2,1-2H3/p+2. The van der Waals surface area contributed by atoms with E-state index >= 15 is 0 Å². The van der Waals surface area contributed by atoms with Crippen molar-refractivity contribution in [2.45, 2.75) is 6.54 Å². The SMILES string of the molecule is C[NH+](C)CC[n+]1c2ccccc2n2cc(-c3ccc(-c4ccccc4)cc3)[nH]c21. The molecule has 0 aliphatic heterocycles. The van der Waals surface area contributed by atoms with E-state index in [1.165, 1.54) is 32.6 Å². The maximum Gasteiger partial charge on any atom is 0.368 e. The van der Waals surface area contributed by atoms with E-state index in [1.807, 2.05) is 0 Å². The molecule has 2 N–H and O–H groups in total. The van der Waals surface area contributed by atoms with Crippen LogP contribution in [0.2, 0.25) is 0 Å². The molecule has 0 amide bonds. The summed E-state index contributed by atoms with van der Waals surface area (Å²) in [7, 11) is 4.40. The highest BCUT2D eigenvalue weighted by Gasteiger charge is 2.21. The van der Waals surface area contributed by atoms with Gasteiger partial charge < -0.3 is 4.90 Å². The van der Waals surface area contributed by atoms with Crippen LogP contribution in [0.3, 0.4) is 0 Å². The van der Waals surface area contributed by atoms with Crippen molar-refractivity contribution in [3.8, 4) is 22.4 Å². The number of nitrogens with one attached hydrogen (secondary N) is 2. The number of rotatable bonds is 5. The van der Waals surface area contributed by atoms with E-state index < -0.39 is 0 Å². The third-order valence-electron chi connectivity index (χ3n) is 5.56. The molecule has 4 heteroatoms. The lowest BCUT2D eigenvalue weighted by molar-refractivity contribution is -0.878. The summed E-state index contributed by atoms with van der Waals surface area (Å²) < 4.78 is 4.67. The van der Waals surface area contributed by atoms with Crippen LogP contribution in [-0.4, -0.2) is 30.0 Å². The van der Waals surface area contributed by atoms with E-state index in [4.69, 9.17) is 0 Å². The minimum atomic E-state index is 0.978. The lowest BCUT2D eigenvalue weighted by Gasteiger charge is -2.05. The molecular weight excluding hydrogens is 356 g/mol. The number of aromatic nitrogens is 3. The van der Waals surface area contributed by atoms with Crippen LogP contribution in [-0.2, 0) is 6.54 Å². The summed E-state index contributed by atoms with van der Waals surface area (Å²) in [5.74, 6) is 1.13. The fourth-order valence-electron chi connectivity index (χ4n) is 3.98. The topological polar surface area (TPSA) is 28.5 Å². The van der Waals surface area contributed by atoms with Crippen molar-refractivity contribution < 1.29 is 9.47 Å². The van der Waals surface area contributed by atoms with E-state index in [2.05, 4.69) is 113 Å². The maximum absolute atomic E-state index is 3.67. The van der Waals surface area contributed by atoms with Gasteiger partial charge in [-0.15, -0.1) is 0 Å². The number of likely N-dealkylation sites (N-methyl/N-ethyl adjacent to an activating group) is 1. The first-order valence-electron chi connectivity index (χ1n) is 10.2. The zero-order valence-corrected chi connectivity index (χ0v) is 16.9. The van der Waals surface area contributed by atoms with Gasteiger partial charge in [0.25, 0.3) is 0 Å². The first kappa shape index (κ1) is 17.7. The number of aromatic amines is 1. The summed E-state index contributed by atoms with van der Waals surface area (Å²) in [5, 5.41) is 0. The number of benzene rings is 3. The van der Waals surface area contributed by atoms with Crippen LogP contribution >= 0.6 is 0 Å². The summed E-state index contributed by atoms with van der Waals surface area (Å²) in [5.41, 5.74) is 7.32. The molecule has 2 heterocycles. The average Bonchev–Trinajstić information content (AvgIpc) is 3.31. The first-order valence-corrected chi connectivity index (χ1v) is 10.2. The molecule has 0 saturated heterocycles. The molecular formula is C25H26N4+2. The summed E-state index contributed by atoms with van der Waals surface area (Å²) in [6, 6.07) is 27.9. The monoisotopic (exact) mass is 382 g/mol. The summed E-state index contributed by atoms with van der Waals surface area (Å²) >= 11 is 0. The van der Waals surface area contributed by atoms with Gasteiger partial charge in [-0.3, -0.25) is 0 Å². The number of quaternary nitrogens is 1. The Morgan fingerprint density at radius 1 is 0.793 bits per heavy atom. The van der Waals surface area contributed by atoms with Gasteiger partial charge in [0.05, 0.1) is 14.1 Å². The second-order valence-corrected chi connectivity index (χ2v) is 7.90. The van der Waals surface area contributed by atoms with Gasteiger partial charge >= 0.3 is 5.78 Å². The number of H-pyrrole nitrogens is 1. The molecule has 4 nitrogen and oxygen atoms in total. The molecule has 0 aliphatic carbocycles. The van der Waals surface area contributed by atoms with Crippen LogP contribution in [0.4, 0.5) is 0 Å². The minimum absolute atomic E-state index is 0.978. The van der Waals surface area contributed by atoms with Crippen molar-refractivity contribution >= 4 is 16.8 Å². The van der Waals surface area contributed by atoms with Gasteiger partial charge in [-0.25, -0.2) is 9.55 Å². The van der Waals surface area contributed by atoms with Gasteiger partial charge in [0.2, 0.25) is 0 Å². The highest BCUT2D eigenvalue weighted by Crippen LogP contribution is 2.25. The fraction of sp³-hybridized carbons (Fsp3) is 0.160. The molecule has 0 atom stereocenters. The molecule has 0 radical (unpaired) electrons. The molecule has 0 fully saturated rings. The predicted octanol–water partition coefficient (Wildman–Crippen LogP) is 3.19. The number of hydrogen-bond acceptors (Lipinski definition) is 0. The quantitative estimate of drug-likeness (QED) is 0.437. The maximum atomic E-state index is 3.67. The Kier molecular flexibility index (Phi) is 4.41. The Labute approximate surface area is 170 Å². The third-order valence-corrected chi connectivity index (χ3v) is 5.56. The molecule has 0 saturated carbocycles. The molecule has 3 aromatic carbocycles. The molecule has 29 heavy (non-hydrogen) atoms. The number of imidazole rings is 2. The second-order valence-electron chi connectivity index (χ2n) is 7.90. The Morgan fingerprint density at radius 3 is 2.21 bits per heavy atom. The van der Waals surface area contributed by atoms with Crippen LogP contribution in [0.25, 0.3) is 39.2 Å². The molecule has 0 spiro atoms. The molecule has 0 bridgehead atoms. The van der Waals surface area contributed by atoms with E-state index in [0.717, 1.165) is 24.6 Å². The van der Waals surface area contributed by atoms with Gasteiger partial charge in [-0.1, -0.05) is 66.7 Å². The van der Waals surface area contributed by atoms with Crippen LogP contribution in [0.1, 0.15) is 0 Å². The fourth-order valence-corrected chi connectivity index (χ4v) is 3.98. The van der Waals surface area contributed by atoms with E-state index in [1.54, 1.807) is 0 Å². The van der Waals surface area contributed by atoms with Crippen molar-refractivity contribution in [1.82, 2.24) is 9.38 Å². The van der Waals surface area contributed by atoms with Gasteiger partial charge in [0.1, 0.15) is 36.0 Å². The number of nitrogens with zero attached hydrogens (tertiary/aromatic N) is 2. The largest absolute Gasteiger partial charge is 0.368 e. The molecule has 0 aliphatic rings. The molecule has 5 rings (SSSR count). The van der Waals surface area contributed by atoms with Crippen LogP contribution in [0.5, 0.6) is 0 Å². The van der Waals surface area contributed by atoms with E-state index in [9.17, 15) is 0 Å². The van der Waals surface area contributed by atoms with Crippen molar-refractivity contribution in [3.05, 3.63) is 85.1 Å². The third kappa shape index (κ3) is 3.22. The average molecular weight is 383 g/mol. The number of fused-ring (bicyclic) bond motifs is 3. The smallest absolute Gasteiger partial charge is 0.337 e. The van der Waals surface area contributed by atoms with Crippen molar-refractivity contribution in [1.29, 1.82) is 0 Å². The van der Waals surface area contributed by atoms with Crippen molar-refractivity contribution in [2.24, 2.45) is 0 Å². The Balaban J connectivity index is 1.57. The number of para-hydroxylation sites is 2.